The van der Waals surface area contributed by atoms with Gasteiger partial charge in [0.15, 0.2) is 5.75 Å². The summed E-state index contributed by atoms with van der Waals surface area (Å²) in [6.07, 6.45) is 0.0611. The van der Waals surface area contributed by atoms with E-state index in [0.29, 0.717) is 33.8 Å². The largest absolute Gasteiger partial charge is 0.490 e. The van der Waals surface area contributed by atoms with E-state index in [2.05, 4.69) is 16.0 Å². The number of nitro benzene ring substituents is 1. The van der Waals surface area contributed by atoms with Gasteiger partial charge in [-0.1, -0.05) is 42.5 Å². The zero-order valence-corrected chi connectivity index (χ0v) is 21.5. The van der Waals surface area contributed by atoms with E-state index in [0.717, 1.165) is 11.1 Å². The normalized spacial score (nSPS) is 12.6. The average Bonchev–Trinajstić information content (AvgIpc) is 3.10. The molecule has 1 aliphatic rings. The molecule has 0 unspecified atom stereocenters. The molecule has 4 N–H and O–H groups in total. The maximum absolute atomic E-state index is 13.1. The fourth-order valence-corrected chi connectivity index (χ4v) is 4.63. The quantitative estimate of drug-likeness (QED) is 0.183. The van der Waals surface area contributed by atoms with E-state index in [-0.39, 0.29) is 36.3 Å². The smallest absolute Gasteiger partial charge is 0.310 e. The van der Waals surface area contributed by atoms with Gasteiger partial charge in [-0.25, -0.2) is 0 Å². The predicted molar refractivity (Wildman–Crippen MR) is 151 cm³/mol. The van der Waals surface area contributed by atoms with Gasteiger partial charge in [-0.15, -0.1) is 0 Å². The van der Waals surface area contributed by atoms with E-state index in [1.807, 2.05) is 30.3 Å². The van der Waals surface area contributed by atoms with E-state index < -0.39 is 11.0 Å². The van der Waals surface area contributed by atoms with Crippen molar-refractivity contribution in [2.75, 3.05) is 24.4 Å². The number of aliphatic hydroxyl groups excluding tert-OH is 1. The highest BCUT2D eigenvalue weighted by atomic mass is 16.6. The molecule has 0 bridgehead atoms. The summed E-state index contributed by atoms with van der Waals surface area (Å²) < 4.78 is 5.19. The van der Waals surface area contributed by atoms with Crippen molar-refractivity contribution in [2.45, 2.75) is 12.5 Å². The minimum absolute atomic E-state index is 0.0611. The lowest BCUT2D eigenvalue weighted by atomic mass is 10.0. The number of fused-ring (bicyclic) bond motifs is 2. The van der Waals surface area contributed by atoms with Crippen LogP contribution in [0.3, 0.4) is 0 Å². The van der Waals surface area contributed by atoms with Crippen LogP contribution in [0.1, 0.15) is 27.5 Å². The van der Waals surface area contributed by atoms with E-state index in [1.54, 1.807) is 48.5 Å². The molecule has 0 spiro atoms. The van der Waals surface area contributed by atoms with Crippen molar-refractivity contribution >= 4 is 34.6 Å². The fourth-order valence-electron chi connectivity index (χ4n) is 4.63. The Morgan fingerprint density at radius 1 is 0.950 bits per heavy atom. The van der Waals surface area contributed by atoms with Gasteiger partial charge in [0.2, 0.25) is 5.91 Å². The van der Waals surface area contributed by atoms with Gasteiger partial charge in [0, 0.05) is 6.07 Å². The van der Waals surface area contributed by atoms with E-state index in [9.17, 15) is 24.8 Å². The molecule has 0 saturated heterocycles. The summed E-state index contributed by atoms with van der Waals surface area (Å²) in [4.78, 5) is 36.5. The second kappa shape index (κ2) is 11.3. The molecule has 202 valence electrons. The summed E-state index contributed by atoms with van der Waals surface area (Å²) in [6.45, 7) is -0.229. The second-order valence-corrected chi connectivity index (χ2v) is 9.25. The Morgan fingerprint density at radius 3 is 2.42 bits per heavy atom. The van der Waals surface area contributed by atoms with Crippen LogP contribution in [0.25, 0.3) is 11.1 Å². The number of aliphatic hydroxyl groups is 1. The van der Waals surface area contributed by atoms with Crippen molar-refractivity contribution < 1.29 is 24.4 Å². The monoisotopic (exact) mass is 538 g/mol. The minimum Gasteiger partial charge on any atom is -0.490 e. The standard InChI is InChI=1S/C30H26N4O6/c1-40-28-16-21(9-12-27(28)34(38)39)20-8-10-22-24(15-20)31-23-11-7-18(13-25(23)33-30(22)37)14-29(36)32-26(17-35)19-5-3-2-4-6-19/h2-13,15-16,26,31,35H,14,17H2,1H3,(H,32,36)(H,33,37)/t26-/m0/s1. The van der Waals surface area contributed by atoms with E-state index >= 15 is 0 Å². The van der Waals surface area contributed by atoms with Gasteiger partial charge in [-0.3, -0.25) is 19.7 Å². The van der Waals surface area contributed by atoms with Gasteiger partial charge < -0.3 is 25.8 Å². The van der Waals surface area contributed by atoms with Crippen LogP contribution in [0.5, 0.6) is 5.75 Å². The molecule has 4 aromatic carbocycles. The maximum atomic E-state index is 13.1. The van der Waals surface area contributed by atoms with Gasteiger partial charge in [0.05, 0.1) is 53.7 Å². The van der Waals surface area contributed by atoms with Crippen LogP contribution in [0.4, 0.5) is 22.7 Å². The van der Waals surface area contributed by atoms with Gasteiger partial charge >= 0.3 is 5.69 Å². The summed E-state index contributed by atoms with van der Waals surface area (Å²) in [6, 6.07) is 23.9. The third-order valence-electron chi connectivity index (χ3n) is 6.66. The number of benzene rings is 4. The molecule has 4 aromatic rings. The number of carbonyl (C=O) groups is 2. The Kier molecular flexibility index (Phi) is 7.43. The number of nitro groups is 1. The molecular formula is C30H26N4O6. The number of nitrogens with zero attached hydrogens (tertiary/aromatic N) is 1. The van der Waals surface area contributed by atoms with Crippen molar-refractivity contribution in [2.24, 2.45) is 0 Å². The van der Waals surface area contributed by atoms with Crippen molar-refractivity contribution in [3.63, 3.8) is 0 Å². The molecule has 0 aliphatic carbocycles. The number of hydrogen-bond acceptors (Lipinski definition) is 7. The highest BCUT2D eigenvalue weighted by Gasteiger charge is 2.22. The second-order valence-electron chi connectivity index (χ2n) is 9.25. The van der Waals surface area contributed by atoms with Crippen LogP contribution in [-0.4, -0.2) is 35.6 Å². The molecule has 5 rings (SSSR count). The third kappa shape index (κ3) is 5.47. The Bertz CT molecular complexity index is 1610. The number of ether oxygens (including phenoxy) is 1. The number of anilines is 3. The molecule has 0 aromatic heterocycles. The van der Waals surface area contributed by atoms with E-state index in [4.69, 9.17) is 4.74 Å². The number of rotatable bonds is 8. The first-order chi connectivity index (χ1) is 19.4. The van der Waals surface area contributed by atoms with Gasteiger partial charge in [-0.2, -0.15) is 0 Å². The summed E-state index contributed by atoms with van der Waals surface area (Å²) in [5.41, 5.74) is 4.93. The minimum atomic E-state index is -0.518. The first-order valence-corrected chi connectivity index (χ1v) is 12.5. The first-order valence-electron chi connectivity index (χ1n) is 12.5. The van der Waals surface area contributed by atoms with Gasteiger partial charge in [-0.05, 0) is 58.7 Å². The summed E-state index contributed by atoms with van der Waals surface area (Å²) in [5.74, 6) is -0.443. The predicted octanol–water partition coefficient (Wildman–Crippen LogP) is 4.97. The average molecular weight is 539 g/mol. The summed E-state index contributed by atoms with van der Waals surface area (Å²) >= 11 is 0. The van der Waals surface area contributed by atoms with Crippen molar-refractivity contribution in [3.8, 4) is 16.9 Å². The highest BCUT2D eigenvalue weighted by molar-refractivity contribution is 6.12. The molecule has 0 saturated carbocycles. The lowest BCUT2D eigenvalue weighted by Gasteiger charge is -2.17. The van der Waals surface area contributed by atoms with Crippen LogP contribution in [0.2, 0.25) is 0 Å². The van der Waals surface area contributed by atoms with Crippen LogP contribution < -0.4 is 20.7 Å². The molecular weight excluding hydrogens is 512 g/mol. The zero-order valence-electron chi connectivity index (χ0n) is 21.5. The molecule has 1 heterocycles. The Hall–Kier alpha value is -5.22. The van der Waals surface area contributed by atoms with Crippen LogP contribution in [0, 0.1) is 10.1 Å². The summed E-state index contributed by atoms with van der Waals surface area (Å²) in [7, 11) is 1.37. The third-order valence-corrected chi connectivity index (χ3v) is 6.66. The summed E-state index contributed by atoms with van der Waals surface area (Å²) in [5, 5.41) is 30.0. The van der Waals surface area contributed by atoms with Gasteiger partial charge in [0.25, 0.3) is 5.91 Å². The molecule has 1 atom stereocenters. The molecule has 10 heteroatoms. The van der Waals surface area contributed by atoms with E-state index in [1.165, 1.54) is 13.2 Å². The number of methoxy groups -OCH3 is 1. The first kappa shape index (κ1) is 26.4. The van der Waals surface area contributed by atoms with Crippen LogP contribution in [0.15, 0.2) is 84.9 Å². The maximum Gasteiger partial charge on any atom is 0.310 e. The number of hydrogen-bond donors (Lipinski definition) is 4. The van der Waals surface area contributed by atoms with Gasteiger partial charge in [0.1, 0.15) is 0 Å². The molecule has 2 amide bonds. The molecule has 40 heavy (non-hydrogen) atoms. The molecule has 10 nitrogen and oxygen atoms in total. The number of nitrogens with one attached hydrogen (secondary N) is 3. The van der Waals surface area contributed by atoms with Crippen molar-refractivity contribution in [1.29, 1.82) is 0 Å². The molecule has 0 fully saturated rings. The topological polar surface area (TPSA) is 143 Å². The van der Waals surface area contributed by atoms with Crippen molar-refractivity contribution in [1.82, 2.24) is 5.32 Å². The molecule has 1 aliphatic heterocycles. The Balaban J connectivity index is 1.36. The molecule has 0 radical (unpaired) electrons. The Morgan fingerprint density at radius 2 is 1.70 bits per heavy atom. The Labute approximate surface area is 229 Å². The van der Waals surface area contributed by atoms with Crippen LogP contribution >= 0.6 is 0 Å². The van der Waals surface area contributed by atoms with Crippen molar-refractivity contribution in [3.05, 3.63) is 112 Å². The van der Waals surface area contributed by atoms with Crippen LogP contribution in [-0.2, 0) is 11.2 Å². The fraction of sp³-hybridized carbons (Fsp3) is 0.133. The zero-order chi connectivity index (χ0) is 28.2. The number of carbonyl (C=O) groups excluding carboxylic acids is 2. The SMILES string of the molecule is COc1cc(-c2ccc3c(c2)Nc2ccc(CC(=O)N[C@@H](CO)c4ccccc4)cc2NC3=O)ccc1[N+](=O)[O-]. The lowest BCUT2D eigenvalue weighted by Crippen LogP contribution is -2.31. The number of amides is 2. The highest BCUT2D eigenvalue weighted by Crippen LogP contribution is 2.37. The lowest BCUT2D eigenvalue weighted by molar-refractivity contribution is -0.385.